The van der Waals surface area contributed by atoms with Gasteiger partial charge >= 0.3 is 13.1 Å². The van der Waals surface area contributed by atoms with Gasteiger partial charge in [-0.25, -0.2) is 9.78 Å². The van der Waals surface area contributed by atoms with Crippen LogP contribution >= 0.6 is 0 Å². The number of carbonyl (C=O) groups excluding carboxylic acids is 1. The van der Waals surface area contributed by atoms with Crippen molar-refractivity contribution in [1.29, 1.82) is 0 Å². The number of carboxylic acid groups (broad SMARTS) is 2. The molecule has 188 valence electrons. The van der Waals surface area contributed by atoms with Gasteiger partial charge in [0.2, 0.25) is 5.91 Å². The molecule has 0 bridgehead atoms. The first-order chi connectivity index (χ1) is 17.2. The highest BCUT2D eigenvalue weighted by molar-refractivity contribution is 6.43. The number of aromatic nitrogens is 1. The van der Waals surface area contributed by atoms with Crippen LogP contribution in [0.4, 0.5) is 5.82 Å². The van der Waals surface area contributed by atoms with Crippen LogP contribution in [0.5, 0.6) is 5.75 Å². The van der Waals surface area contributed by atoms with Crippen LogP contribution in [0.3, 0.4) is 0 Å². The number of para-hydroxylation sites is 1. The summed E-state index contributed by atoms with van der Waals surface area (Å²) in [7, 11) is -1.90. The van der Waals surface area contributed by atoms with Gasteiger partial charge in [-0.05, 0) is 41.3 Å². The van der Waals surface area contributed by atoms with Gasteiger partial charge in [-0.1, -0.05) is 42.5 Å². The molecule has 3 aromatic rings. The Kier molecular flexibility index (Phi) is 10.9. The van der Waals surface area contributed by atoms with Crippen molar-refractivity contribution in [2.45, 2.75) is 25.3 Å². The molecule has 0 aliphatic carbocycles. The van der Waals surface area contributed by atoms with Crippen molar-refractivity contribution in [3.63, 3.8) is 0 Å². The molecule has 2 aromatic carbocycles. The predicted octanol–water partition coefficient (Wildman–Crippen LogP) is 1.08. The fraction of sp³-hybridized carbons (Fsp3) is 0.167. The highest BCUT2D eigenvalue weighted by Gasteiger charge is 2.27. The molecule has 0 radical (unpaired) electrons. The van der Waals surface area contributed by atoms with Gasteiger partial charge in [-0.15, -0.1) is 0 Å². The minimum atomic E-state index is -1.90. The molecule has 0 fully saturated rings. The summed E-state index contributed by atoms with van der Waals surface area (Å²) in [6, 6.07) is 17.1. The number of benzene rings is 2. The van der Waals surface area contributed by atoms with Gasteiger partial charge in [0.1, 0.15) is 17.1 Å². The number of carboxylic acids is 1. The zero-order valence-electron chi connectivity index (χ0n) is 19.1. The molecule has 11 nitrogen and oxygen atoms in total. The maximum Gasteiger partial charge on any atom is 0.475 e. The number of pyridine rings is 1. The standard InChI is InChI=1S/C23H24BN3O6.CH2O2/c28-21(12-15-7-9-16(10-8-15)14-26-20-6-1-2-11-25-20)27-19(24(32)33)13-17-4-3-5-18(22(17)29)23(30)31;2-1-3/h1-11,19,29,32-33H,12-14H2,(H,25,26)(H,27,28)(H,30,31);1H,(H,2,3)/t19-;/m0./s1. The van der Waals surface area contributed by atoms with Crippen LogP contribution in [0, 0.1) is 0 Å². The molecule has 1 atom stereocenters. The highest BCUT2D eigenvalue weighted by atomic mass is 16.4. The Bertz CT molecular complexity index is 1140. The smallest absolute Gasteiger partial charge is 0.475 e. The first-order valence-electron chi connectivity index (χ1n) is 10.7. The van der Waals surface area contributed by atoms with Crippen LogP contribution in [0.1, 0.15) is 27.0 Å². The Balaban J connectivity index is 0.00000145. The average Bonchev–Trinajstić information content (AvgIpc) is 2.85. The van der Waals surface area contributed by atoms with Gasteiger partial charge in [0.05, 0.1) is 12.4 Å². The summed E-state index contributed by atoms with van der Waals surface area (Å²) in [5.74, 6) is -2.59. The summed E-state index contributed by atoms with van der Waals surface area (Å²) in [5, 5.41) is 51.2. The maximum absolute atomic E-state index is 12.5. The number of carbonyl (C=O) groups is 3. The lowest BCUT2D eigenvalue weighted by Crippen LogP contribution is -2.48. The number of nitrogens with zero attached hydrogens (tertiary/aromatic N) is 1. The fourth-order valence-electron chi connectivity index (χ4n) is 3.27. The molecule has 0 unspecified atom stereocenters. The van der Waals surface area contributed by atoms with Crippen LogP contribution < -0.4 is 10.6 Å². The maximum atomic E-state index is 12.5. The van der Waals surface area contributed by atoms with Crippen LogP contribution in [0.25, 0.3) is 0 Å². The molecule has 0 aliphatic rings. The number of hydrogen-bond acceptors (Lipinski definition) is 8. The van der Waals surface area contributed by atoms with E-state index in [1.807, 2.05) is 42.5 Å². The van der Waals surface area contributed by atoms with E-state index in [1.54, 1.807) is 6.20 Å². The quantitative estimate of drug-likeness (QED) is 0.158. The van der Waals surface area contributed by atoms with Crippen molar-refractivity contribution in [3.05, 3.63) is 89.1 Å². The minimum Gasteiger partial charge on any atom is -0.507 e. The summed E-state index contributed by atoms with van der Waals surface area (Å²) >= 11 is 0. The lowest BCUT2D eigenvalue weighted by Gasteiger charge is -2.19. The topological polar surface area (TPSA) is 189 Å². The summed E-state index contributed by atoms with van der Waals surface area (Å²) in [6.45, 7) is 0.321. The van der Waals surface area contributed by atoms with E-state index in [1.165, 1.54) is 18.2 Å². The molecule has 3 rings (SSSR count). The van der Waals surface area contributed by atoms with Crippen molar-refractivity contribution in [1.82, 2.24) is 10.3 Å². The van der Waals surface area contributed by atoms with Crippen molar-refractivity contribution >= 4 is 31.3 Å². The van der Waals surface area contributed by atoms with E-state index in [4.69, 9.17) is 15.0 Å². The van der Waals surface area contributed by atoms with Crippen LogP contribution in [0.15, 0.2) is 66.9 Å². The number of rotatable bonds is 10. The highest BCUT2D eigenvalue weighted by Crippen LogP contribution is 2.24. The molecule has 1 aromatic heterocycles. The van der Waals surface area contributed by atoms with E-state index in [-0.39, 0.29) is 30.4 Å². The molecule has 0 spiro atoms. The first-order valence-corrected chi connectivity index (χ1v) is 10.7. The third-order valence-corrected chi connectivity index (χ3v) is 5.02. The van der Waals surface area contributed by atoms with Crippen LogP contribution in [0.2, 0.25) is 0 Å². The Labute approximate surface area is 207 Å². The second kappa shape index (κ2) is 14.1. The predicted molar refractivity (Wildman–Crippen MR) is 131 cm³/mol. The Morgan fingerprint density at radius 2 is 1.67 bits per heavy atom. The van der Waals surface area contributed by atoms with Crippen molar-refractivity contribution < 1.29 is 39.8 Å². The number of nitrogens with one attached hydrogen (secondary N) is 2. The van der Waals surface area contributed by atoms with Crippen LogP contribution in [-0.2, 0) is 29.0 Å². The SMILES string of the molecule is O=C(Cc1ccc(CNc2ccccn2)cc1)N[C@@H](Cc1cccc(C(=O)O)c1O)B(O)O.O=CO. The third-order valence-electron chi connectivity index (χ3n) is 5.02. The number of aromatic carboxylic acids is 1. The van der Waals surface area contributed by atoms with Crippen molar-refractivity contribution in [2.24, 2.45) is 0 Å². The van der Waals surface area contributed by atoms with Gasteiger partial charge < -0.3 is 36.0 Å². The largest absolute Gasteiger partial charge is 0.507 e. The van der Waals surface area contributed by atoms with Crippen molar-refractivity contribution in [3.8, 4) is 5.75 Å². The van der Waals surface area contributed by atoms with E-state index in [2.05, 4.69) is 15.6 Å². The normalized spacial score (nSPS) is 10.8. The molecular formula is C24H26BN3O8. The van der Waals surface area contributed by atoms with Gasteiger partial charge in [0.25, 0.3) is 6.47 Å². The number of anilines is 1. The third kappa shape index (κ3) is 8.74. The molecule has 0 aliphatic heterocycles. The molecule has 0 saturated heterocycles. The molecule has 36 heavy (non-hydrogen) atoms. The van der Waals surface area contributed by atoms with E-state index in [0.717, 1.165) is 16.9 Å². The zero-order valence-corrected chi connectivity index (χ0v) is 19.1. The number of hydrogen-bond donors (Lipinski definition) is 7. The van der Waals surface area contributed by atoms with Crippen LogP contribution in [-0.4, -0.2) is 61.8 Å². The Hall–Kier alpha value is -4.42. The zero-order chi connectivity index (χ0) is 26.5. The lowest BCUT2D eigenvalue weighted by molar-refractivity contribution is -0.123. The average molecular weight is 495 g/mol. The van der Waals surface area contributed by atoms with Gasteiger partial charge in [-0.3, -0.25) is 9.59 Å². The van der Waals surface area contributed by atoms with E-state index < -0.39 is 30.7 Å². The van der Waals surface area contributed by atoms with E-state index >= 15 is 0 Å². The second-order valence-electron chi connectivity index (χ2n) is 7.58. The monoisotopic (exact) mass is 495 g/mol. The summed E-state index contributed by atoms with van der Waals surface area (Å²) in [6.07, 6.45) is 1.55. The first kappa shape index (κ1) is 27.8. The summed E-state index contributed by atoms with van der Waals surface area (Å²) in [5.41, 5.74) is 1.61. The fourth-order valence-corrected chi connectivity index (χ4v) is 3.27. The Morgan fingerprint density at radius 1 is 1.00 bits per heavy atom. The van der Waals surface area contributed by atoms with Gasteiger partial charge in [0, 0.05) is 12.7 Å². The molecule has 1 amide bonds. The Morgan fingerprint density at radius 3 is 2.25 bits per heavy atom. The number of amides is 1. The minimum absolute atomic E-state index is 0.0122. The molecular weight excluding hydrogens is 469 g/mol. The summed E-state index contributed by atoms with van der Waals surface area (Å²) < 4.78 is 0. The molecule has 1 heterocycles. The summed E-state index contributed by atoms with van der Waals surface area (Å²) in [4.78, 5) is 36.2. The number of phenols is 1. The lowest BCUT2D eigenvalue weighted by atomic mass is 9.75. The second-order valence-corrected chi connectivity index (χ2v) is 7.58. The van der Waals surface area contributed by atoms with E-state index in [9.17, 15) is 24.7 Å². The molecule has 7 N–H and O–H groups in total. The van der Waals surface area contributed by atoms with E-state index in [0.29, 0.717) is 6.54 Å². The number of aromatic hydroxyl groups is 1. The van der Waals surface area contributed by atoms with Gasteiger partial charge in [-0.2, -0.15) is 0 Å². The molecule has 12 heteroatoms. The van der Waals surface area contributed by atoms with Gasteiger partial charge in [0.15, 0.2) is 0 Å². The van der Waals surface area contributed by atoms with Crippen molar-refractivity contribution in [2.75, 3.05) is 5.32 Å². The molecule has 0 saturated carbocycles.